The molecular weight excluding hydrogens is 416 g/mol. The summed E-state index contributed by atoms with van der Waals surface area (Å²) in [6.45, 7) is 1.54. The van der Waals surface area contributed by atoms with E-state index in [2.05, 4.69) is 0 Å². The van der Waals surface area contributed by atoms with Gasteiger partial charge in [0.2, 0.25) is 5.43 Å². The van der Waals surface area contributed by atoms with Crippen molar-refractivity contribution in [3.63, 3.8) is 0 Å². The van der Waals surface area contributed by atoms with Crippen molar-refractivity contribution < 1.29 is 22.8 Å². The molecule has 7 heteroatoms. The molecule has 0 fully saturated rings. The van der Waals surface area contributed by atoms with E-state index in [1.54, 1.807) is 24.3 Å². The van der Waals surface area contributed by atoms with Crippen molar-refractivity contribution in [1.82, 2.24) is 4.90 Å². The Morgan fingerprint density at radius 3 is 2.16 bits per heavy atom. The molecule has 0 saturated heterocycles. The molecule has 2 amide bonds. The van der Waals surface area contributed by atoms with E-state index in [1.807, 2.05) is 0 Å². The molecule has 5 nitrogen and oxygen atoms in total. The first-order chi connectivity index (χ1) is 15.4. The molecule has 5 rings (SSSR count). The van der Waals surface area contributed by atoms with Crippen LogP contribution in [0.1, 0.15) is 39.4 Å². The fourth-order valence-corrected chi connectivity index (χ4v) is 4.10. The number of carbonyl (C=O) groups excluding carboxylic acids is 2. The van der Waals surface area contributed by atoms with Gasteiger partial charge in [-0.1, -0.05) is 30.3 Å². The first kappa shape index (κ1) is 19.8. The number of imide groups is 1. The zero-order chi connectivity index (χ0) is 22.6. The van der Waals surface area contributed by atoms with Crippen molar-refractivity contribution in [3.8, 4) is 11.1 Å². The van der Waals surface area contributed by atoms with Crippen LogP contribution >= 0.6 is 0 Å². The lowest BCUT2D eigenvalue weighted by Gasteiger charge is -2.24. The minimum atomic E-state index is -1.01. The summed E-state index contributed by atoms with van der Waals surface area (Å²) in [7, 11) is 0. The molecule has 1 aliphatic heterocycles. The largest absolute Gasteiger partial charge is 0.458 e. The van der Waals surface area contributed by atoms with Crippen molar-refractivity contribution >= 4 is 22.8 Å². The summed E-state index contributed by atoms with van der Waals surface area (Å²) in [5.74, 6) is -2.49. The highest BCUT2D eigenvalue weighted by molar-refractivity contribution is 6.21. The van der Waals surface area contributed by atoms with Crippen LogP contribution in [-0.2, 0) is 0 Å². The third-order valence-electron chi connectivity index (χ3n) is 5.60. The molecule has 32 heavy (non-hydrogen) atoms. The van der Waals surface area contributed by atoms with Crippen LogP contribution in [-0.4, -0.2) is 16.7 Å². The van der Waals surface area contributed by atoms with E-state index in [4.69, 9.17) is 4.42 Å². The fourth-order valence-electron chi connectivity index (χ4n) is 4.10. The molecule has 1 aliphatic rings. The van der Waals surface area contributed by atoms with Crippen molar-refractivity contribution in [2.45, 2.75) is 13.0 Å². The minimum absolute atomic E-state index is 0.0337. The maximum atomic E-state index is 14.5. The number of halogens is 2. The summed E-state index contributed by atoms with van der Waals surface area (Å²) in [5.41, 5.74) is -0.216. The Bertz CT molecular complexity index is 1460. The highest BCUT2D eigenvalue weighted by Gasteiger charge is 2.41. The van der Waals surface area contributed by atoms with Crippen LogP contribution in [0.3, 0.4) is 0 Å². The summed E-state index contributed by atoms with van der Waals surface area (Å²) in [6, 6.07) is 14.5. The van der Waals surface area contributed by atoms with Crippen LogP contribution in [0, 0.1) is 11.6 Å². The second-order valence-corrected chi connectivity index (χ2v) is 7.50. The maximum absolute atomic E-state index is 14.5. The van der Waals surface area contributed by atoms with Crippen LogP contribution < -0.4 is 5.43 Å². The molecule has 4 aromatic rings. The van der Waals surface area contributed by atoms with Gasteiger partial charge in [-0.25, -0.2) is 8.78 Å². The van der Waals surface area contributed by atoms with Gasteiger partial charge < -0.3 is 4.42 Å². The summed E-state index contributed by atoms with van der Waals surface area (Å²) in [6.07, 6.45) is 0. The van der Waals surface area contributed by atoms with Gasteiger partial charge in [0.05, 0.1) is 22.7 Å². The molecule has 158 valence electrons. The monoisotopic (exact) mass is 431 g/mol. The van der Waals surface area contributed by atoms with Crippen LogP contribution in [0.15, 0.2) is 75.9 Å². The molecule has 1 aromatic heterocycles. The van der Waals surface area contributed by atoms with Crippen molar-refractivity contribution in [3.05, 3.63) is 105 Å². The van der Waals surface area contributed by atoms with Crippen molar-refractivity contribution in [1.29, 1.82) is 0 Å². The molecule has 3 aromatic carbocycles. The fraction of sp³-hybridized carbons (Fsp3) is 0.0800. The summed E-state index contributed by atoms with van der Waals surface area (Å²) in [4.78, 5) is 40.4. The van der Waals surface area contributed by atoms with Gasteiger partial charge in [0, 0.05) is 0 Å². The standard InChI is InChI=1S/C25H15F2NO4/c1-13(28-24(30)16-8-2-3-9-17(16)25(28)31)23-20(14-6-4-7-15(26)12-14)22(29)21-18(27)10-5-11-19(21)32-23/h2-13H,1H3. The number of hydrogen-bond donors (Lipinski definition) is 0. The molecule has 0 radical (unpaired) electrons. The molecule has 0 N–H and O–H groups in total. The first-order valence-corrected chi connectivity index (χ1v) is 9.86. The van der Waals surface area contributed by atoms with E-state index in [0.29, 0.717) is 0 Å². The second kappa shape index (κ2) is 7.23. The predicted molar refractivity (Wildman–Crippen MR) is 113 cm³/mol. The second-order valence-electron chi connectivity index (χ2n) is 7.50. The zero-order valence-corrected chi connectivity index (χ0v) is 16.8. The van der Waals surface area contributed by atoms with E-state index in [1.165, 1.54) is 37.3 Å². The van der Waals surface area contributed by atoms with E-state index in [0.717, 1.165) is 17.0 Å². The molecular formula is C25H15F2NO4. The van der Waals surface area contributed by atoms with Gasteiger partial charge in [0.15, 0.2) is 0 Å². The Hall–Kier alpha value is -4.13. The molecule has 0 spiro atoms. The summed E-state index contributed by atoms with van der Waals surface area (Å²) < 4.78 is 34.4. The van der Waals surface area contributed by atoms with Crippen molar-refractivity contribution in [2.24, 2.45) is 0 Å². The number of fused-ring (bicyclic) bond motifs is 2. The lowest BCUT2D eigenvalue weighted by atomic mass is 9.98. The normalized spacial score (nSPS) is 14.2. The summed E-state index contributed by atoms with van der Waals surface area (Å²) in [5, 5.41) is -0.287. The minimum Gasteiger partial charge on any atom is -0.458 e. The number of nitrogens with zero attached hydrogens (tertiary/aromatic N) is 1. The molecule has 0 saturated carbocycles. The quantitative estimate of drug-likeness (QED) is 0.424. The number of benzene rings is 3. The Morgan fingerprint density at radius 1 is 0.844 bits per heavy atom. The molecule has 0 aliphatic carbocycles. The van der Waals surface area contributed by atoms with Gasteiger partial charge >= 0.3 is 0 Å². The third kappa shape index (κ3) is 2.85. The van der Waals surface area contributed by atoms with Gasteiger partial charge in [-0.2, -0.15) is 0 Å². The Balaban J connectivity index is 1.77. The Morgan fingerprint density at radius 2 is 1.50 bits per heavy atom. The Kier molecular flexibility index (Phi) is 4.48. The van der Waals surface area contributed by atoms with E-state index >= 15 is 0 Å². The van der Waals surface area contributed by atoms with Crippen LogP contribution in [0.2, 0.25) is 0 Å². The molecule has 1 unspecified atom stereocenters. The van der Waals surface area contributed by atoms with Crippen molar-refractivity contribution in [2.75, 3.05) is 0 Å². The smallest absolute Gasteiger partial charge is 0.262 e. The number of rotatable bonds is 3. The molecule has 2 heterocycles. The van der Waals surface area contributed by atoms with Gasteiger partial charge in [-0.3, -0.25) is 19.3 Å². The average molecular weight is 431 g/mol. The lowest BCUT2D eigenvalue weighted by Crippen LogP contribution is -2.33. The van der Waals surface area contributed by atoms with E-state index in [-0.39, 0.29) is 39.0 Å². The van der Waals surface area contributed by atoms with Gasteiger partial charge in [-0.05, 0) is 48.9 Å². The highest BCUT2D eigenvalue weighted by atomic mass is 19.1. The van der Waals surface area contributed by atoms with Gasteiger partial charge in [0.25, 0.3) is 11.8 Å². The van der Waals surface area contributed by atoms with Gasteiger partial charge in [-0.15, -0.1) is 0 Å². The summed E-state index contributed by atoms with van der Waals surface area (Å²) >= 11 is 0. The van der Waals surface area contributed by atoms with Gasteiger partial charge in [0.1, 0.15) is 28.4 Å². The number of carbonyl (C=O) groups is 2. The molecule has 1 atom stereocenters. The SMILES string of the molecule is CC(c1oc2cccc(F)c2c(=O)c1-c1cccc(F)c1)N1C(=O)c2ccccc2C1=O. The lowest BCUT2D eigenvalue weighted by molar-refractivity contribution is 0.0579. The average Bonchev–Trinajstić information content (AvgIpc) is 3.03. The van der Waals surface area contributed by atoms with Crippen LogP contribution in [0.4, 0.5) is 8.78 Å². The van der Waals surface area contributed by atoms with Crippen LogP contribution in [0.25, 0.3) is 22.1 Å². The van der Waals surface area contributed by atoms with E-state index in [9.17, 15) is 23.2 Å². The number of amides is 2. The van der Waals surface area contributed by atoms with E-state index < -0.39 is 34.9 Å². The Labute approximate surface area is 180 Å². The zero-order valence-electron chi connectivity index (χ0n) is 16.8. The van der Waals surface area contributed by atoms with Crippen LogP contribution in [0.5, 0.6) is 0 Å². The molecule has 0 bridgehead atoms. The maximum Gasteiger partial charge on any atom is 0.262 e. The number of hydrogen-bond acceptors (Lipinski definition) is 4. The predicted octanol–water partition coefficient (Wildman–Crippen LogP) is 5.10. The third-order valence-corrected chi connectivity index (χ3v) is 5.60. The highest BCUT2D eigenvalue weighted by Crippen LogP contribution is 2.36. The first-order valence-electron chi connectivity index (χ1n) is 9.86. The topological polar surface area (TPSA) is 67.6 Å².